The van der Waals surface area contributed by atoms with Gasteiger partial charge < -0.3 is 9.80 Å². The first kappa shape index (κ1) is 14.0. The highest BCUT2D eigenvalue weighted by molar-refractivity contribution is 5.86. The molecule has 0 fully saturated rings. The van der Waals surface area contributed by atoms with Gasteiger partial charge in [-0.1, -0.05) is 6.58 Å². The van der Waals surface area contributed by atoms with Crippen molar-refractivity contribution in [2.75, 3.05) is 34.2 Å². The zero-order valence-corrected chi connectivity index (χ0v) is 8.78. The van der Waals surface area contributed by atoms with Gasteiger partial charge in [-0.25, -0.2) is 0 Å². The van der Waals surface area contributed by atoms with Crippen molar-refractivity contribution in [1.82, 2.24) is 5.32 Å². The predicted molar refractivity (Wildman–Crippen MR) is 53.4 cm³/mol. The van der Waals surface area contributed by atoms with Crippen molar-refractivity contribution >= 4 is 18.3 Å². The molecule has 0 rings (SSSR count). The number of carbonyl (C=O) groups excluding carboxylic acids is 1. The van der Waals surface area contributed by atoms with Crippen molar-refractivity contribution in [3.8, 4) is 0 Å². The Morgan fingerprint density at radius 1 is 1.50 bits per heavy atom. The number of hydrogen-bond acceptors (Lipinski definition) is 1. The fraction of sp³-hybridized carbons (Fsp3) is 0.625. The molecule has 0 heterocycles. The smallest absolute Gasteiger partial charge is 0.243 e. The highest BCUT2D eigenvalue weighted by Crippen LogP contribution is 1.85. The van der Waals surface area contributed by atoms with E-state index in [1.54, 1.807) is 0 Å². The summed E-state index contributed by atoms with van der Waals surface area (Å²) in [5.41, 5.74) is 0. The average Bonchev–Trinajstić information content (AvgIpc) is 1.85. The van der Waals surface area contributed by atoms with Gasteiger partial charge in [0, 0.05) is 0 Å². The molecule has 0 aromatic rings. The number of halogens is 1. The second kappa shape index (κ2) is 6.03. The summed E-state index contributed by atoms with van der Waals surface area (Å²) in [6, 6.07) is 0. The van der Waals surface area contributed by atoms with E-state index in [0.29, 0.717) is 6.54 Å². The van der Waals surface area contributed by atoms with E-state index in [4.69, 9.17) is 0 Å². The van der Waals surface area contributed by atoms with E-state index in [2.05, 4.69) is 33.0 Å². The second-order valence-corrected chi connectivity index (χ2v) is 3.51. The van der Waals surface area contributed by atoms with Crippen LogP contribution >= 0.6 is 12.4 Å². The number of carbonyl (C=O) groups is 1. The molecule has 0 aliphatic carbocycles. The van der Waals surface area contributed by atoms with Gasteiger partial charge in [0.05, 0.1) is 34.2 Å². The molecule has 0 spiro atoms. The van der Waals surface area contributed by atoms with E-state index < -0.39 is 0 Å². The molecule has 4 heteroatoms. The van der Waals surface area contributed by atoms with Gasteiger partial charge in [0.15, 0.2) is 0 Å². The summed E-state index contributed by atoms with van der Waals surface area (Å²) in [5.74, 6) is -0.0987. The lowest BCUT2D eigenvalue weighted by Crippen LogP contribution is -2.41. The Bertz CT molecular complexity index is 152. The zero-order valence-electron chi connectivity index (χ0n) is 7.96. The molecule has 0 radical (unpaired) electrons. The van der Waals surface area contributed by atoms with E-state index in [0.717, 1.165) is 11.0 Å². The summed E-state index contributed by atoms with van der Waals surface area (Å²) in [6.07, 6.45) is 1.29. The molecule has 12 heavy (non-hydrogen) atoms. The second-order valence-electron chi connectivity index (χ2n) is 3.51. The molecule has 0 unspecified atom stereocenters. The van der Waals surface area contributed by atoms with Crippen LogP contribution in [0.5, 0.6) is 0 Å². The van der Waals surface area contributed by atoms with E-state index >= 15 is 0 Å². The van der Waals surface area contributed by atoms with Gasteiger partial charge in [-0.15, -0.1) is 12.4 Å². The van der Waals surface area contributed by atoms with Crippen molar-refractivity contribution < 1.29 is 9.28 Å². The minimum Gasteiger partial charge on any atom is -0.347 e. The van der Waals surface area contributed by atoms with Gasteiger partial charge in [-0.05, 0) is 6.08 Å². The first-order valence-electron chi connectivity index (χ1n) is 3.66. The van der Waals surface area contributed by atoms with Crippen LogP contribution in [0.4, 0.5) is 0 Å². The summed E-state index contributed by atoms with van der Waals surface area (Å²) in [7, 11) is 6.25. The minimum absolute atomic E-state index is 0. The molecule has 0 saturated carbocycles. The fourth-order valence-corrected chi connectivity index (χ4v) is 0.587. The standard InChI is InChI=1S/C8H16N2O.ClH/c1-5-8(11)9-6-7-10(2,3)4;/h5H,1,6-7H2,2-4H3;1H/p+1. The Labute approximate surface area is 80.4 Å². The SMILES string of the molecule is C=CC(=O)NCC[N+](C)(C)C.Cl. The lowest BCUT2D eigenvalue weighted by molar-refractivity contribution is -0.869. The van der Waals surface area contributed by atoms with Crippen LogP contribution in [0.3, 0.4) is 0 Å². The average molecular weight is 194 g/mol. The van der Waals surface area contributed by atoms with Gasteiger partial charge in [-0.2, -0.15) is 0 Å². The first-order chi connectivity index (χ1) is 4.95. The molecular weight excluding hydrogens is 176 g/mol. The minimum atomic E-state index is -0.0987. The Morgan fingerprint density at radius 2 is 2.00 bits per heavy atom. The maximum Gasteiger partial charge on any atom is 0.243 e. The predicted octanol–water partition coefficient (Wildman–Crippen LogP) is 0.417. The Morgan fingerprint density at radius 3 is 2.33 bits per heavy atom. The first-order valence-corrected chi connectivity index (χ1v) is 3.66. The monoisotopic (exact) mass is 193 g/mol. The largest absolute Gasteiger partial charge is 0.347 e. The fourth-order valence-electron chi connectivity index (χ4n) is 0.587. The van der Waals surface area contributed by atoms with Crippen molar-refractivity contribution in [3.63, 3.8) is 0 Å². The molecule has 1 amide bonds. The normalized spacial score (nSPS) is 9.92. The Kier molecular flexibility index (Phi) is 7.04. The number of quaternary nitrogens is 1. The molecule has 1 N–H and O–H groups in total. The Hall–Kier alpha value is -0.540. The van der Waals surface area contributed by atoms with Crippen LogP contribution < -0.4 is 5.32 Å². The third kappa shape index (κ3) is 9.46. The van der Waals surface area contributed by atoms with Crippen LogP contribution in [0.25, 0.3) is 0 Å². The Balaban J connectivity index is 0. The maximum atomic E-state index is 10.7. The molecule has 0 saturated heterocycles. The van der Waals surface area contributed by atoms with E-state index in [1.165, 1.54) is 6.08 Å². The summed E-state index contributed by atoms with van der Waals surface area (Å²) in [5, 5.41) is 2.72. The van der Waals surface area contributed by atoms with Gasteiger partial charge >= 0.3 is 0 Å². The van der Waals surface area contributed by atoms with Gasteiger partial charge in [0.2, 0.25) is 5.91 Å². The molecule has 0 aromatic heterocycles. The number of nitrogens with one attached hydrogen (secondary N) is 1. The lowest BCUT2D eigenvalue weighted by atomic mass is 10.5. The molecule has 3 nitrogen and oxygen atoms in total. The third-order valence-electron chi connectivity index (χ3n) is 1.27. The van der Waals surface area contributed by atoms with Gasteiger partial charge in [0.25, 0.3) is 0 Å². The van der Waals surface area contributed by atoms with E-state index in [1.807, 2.05) is 0 Å². The maximum absolute atomic E-state index is 10.7. The number of likely N-dealkylation sites (N-methyl/N-ethyl adjacent to an activating group) is 1. The van der Waals surface area contributed by atoms with Crippen molar-refractivity contribution in [2.45, 2.75) is 0 Å². The summed E-state index contributed by atoms with van der Waals surface area (Å²) in [4.78, 5) is 10.7. The van der Waals surface area contributed by atoms with Crippen LogP contribution in [0.1, 0.15) is 0 Å². The molecular formula is C8H18ClN2O+. The molecule has 0 aromatic carbocycles. The van der Waals surface area contributed by atoms with Gasteiger partial charge in [0.1, 0.15) is 0 Å². The van der Waals surface area contributed by atoms with Crippen molar-refractivity contribution in [3.05, 3.63) is 12.7 Å². The van der Waals surface area contributed by atoms with E-state index in [-0.39, 0.29) is 18.3 Å². The van der Waals surface area contributed by atoms with Crippen LogP contribution in [-0.4, -0.2) is 44.6 Å². The highest BCUT2D eigenvalue weighted by atomic mass is 35.5. The van der Waals surface area contributed by atoms with Crippen LogP contribution in [0.15, 0.2) is 12.7 Å². The van der Waals surface area contributed by atoms with E-state index in [9.17, 15) is 4.79 Å². The zero-order chi connectivity index (χ0) is 8.91. The highest BCUT2D eigenvalue weighted by Gasteiger charge is 2.05. The number of amides is 1. The van der Waals surface area contributed by atoms with Crippen molar-refractivity contribution in [1.29, 1.82) is 0 Å². The van der Waals surface area contributed by atoms with Crippen LogP contribution in [0.2, 0.25) is 0 Å². The number of nitrogens with zero attached hydrogens (tertiary/aromatic N) is 1. The molecule has 72 valence electrons. The lowest BCUT2D eigenvalue weighted by Gasteiger charge is -2.23. The molecule has 0 atom stereocenters. The number of rotatable bonds is 4. The summed E-state index contributed by atoms with van der Waals surface area (Å²) < 4.78 is 0.859. The van der Waals surface area contributed by atoms with Crippen LogP contribution in [0, 0.1) is 0 Å². The molecule has 0 bridgehead atoms. The van der Waals surface area contributed by atoms with Gasteiger partial charge in [-0.3, -0.25) is 4.79 Å². The number of hydrogen-bond donors (Lipinski definition) is 1. The summed E-state index contributed by atoms with van der Waals surface area (Å²) >= 11 is 0. The molecule has 0 aliphatic heterocycles. The topological polar surface area (TPSA) is 29.1 Å². The van der Waals surface area contributed by atoms with Crippen LogP contribution in [-0.2, 0) is 4.79 Å². The molecule has 0 aliphatic rings. The third-order valence-corrected chi connectivity index (χ3v) is 1.27. The van der Waals surface area contributed by atoms with Crippen molar-refractivity contribution in [2.24, 2.45) is 0 Å². The quantitative estimate of drug-likeness (QED) is 0.509. The summed E-state index contributed by atoms with van der Waals surface area (Å²) in [6.45, 7) is 4.99.